The molecular weight excluding hydrogens is 350 g/mol. The van der Waals surface area contributed by atoms with Gasteiger partial charge in [-0.15, -0.1) is 0 Å². The number of para-hydroxylation sites is 2. The number of H-pyrrole nitrogens is 1. The minimum absolute atomic E-state index is 0.194. The number of ether oxygens (including phenoxy) is 1. The van der Waals surface area contributed by atoms with E-state index in [1.54, 1.807) is 19.2 Å². The van der Waals surface area contributed by atoms with E-state index in [0.717, 1.165) is 22.3 Å². The van der Waals surface area contributed by atoms with E-state index in [1.165, 1.54) is 0 Å². The lowest BCUT2D eigenvalue weighted by Gasteiger charge is -2.09. The van der Waals surface area contributed by atoms with E-state index in [4.69, 9.17) is 4.74 Å². The molecular formula is C23H19N3O2. The standard InChI is InChI=1S/C23H19N3O2/c1-28-18-13-11-16(12-14-18)15-21(26-23(27)17-7-3-2-4-8-17)22-24-19-9-5-6-10-20(19)25-22/h2-15H,1H3,(H,24,25)(H,26,27)/b21-15+. The lowest BCUT2D eigenvalue weighted by Crippen LogP contribution is -2.22. The minimum Gasteiger partial charge on any atom is -0.497 e. The number of hydrogen-bond donors (Lipinski definition) is 2. The van der Waals surface area contributed by atoms with Crippen LogP contribution < -0.4 is 10.1 Å². The summed E-state index contributed by atoms with van der Waals surface area (Å²) < 4.78 is 5.21. The van der Waals surface area contributed by atoms with Crippen LogP contribution >= 0.6 is 0 Å². The molecule has 0 saturated carbocycles. The lowest BCUT2D eigenvalue weighted by atomic mass is 10.1. The molecule has 0 atom stereocenters. The Kier molecular flexibility index (Phi) is 4.89. The first-order valence-electron chi connectivity index (χ1n) is 8.90. The number of imidazole rings is 1. The van der Waals surface area contributed by atoms with Crippen molar-refractivity contribution < 1.29 is 9.53 Å². The number of nitrogens with one attached hydrogen (secondary N) is 2. The van der Waals surface area contributed by atoms with Gasteiger partial charge in [0.15, 0.2) is 5.82 Å². The van der Waals surface area contributed by atoms with E-state index in [2.05, 4.69) is 15.3 Å². The van der Waals surface area contributed by atoms with Crippen LogP contribution in [0.2, 0.25) is 0 Å². The van der Waals surface area contributed by atoms with Crippen molar-refractivity contribution in [3.63, 3.8) is 0 Å². The van der Waals surface area contributed by atoms with Crippen molar-refractivity contribution in [2.45, 2.75) is 0 Å². The van der Waals surface area contributed by atoms with Crippen LogP contribution in [0.5, 0.6) is 5.75 Å². The lowest BCUT2D eigenvalue weighted by molar-refractivity contribution is 0.0973. The summed E-state index contributed by atoms with van der Waals surface area (Å²) in [5, 5.41) is 2.98. The van der Waals surface area contributed by atoms with Crippen molar-refractivity contribution >= 4 is 28.7 Å². The SMILES string of the molecule is COc1ccc(/C=C(/NC(=O)c2ccccc2)c2nc3ccccc3[nH]2)cc1. The summed E-state index contributed by atoms with van der Waals surface area (Å²) in [5.41, 5.74) is 3.85. The maximum absolute atomic E-state index is 12.7. The maximum Gasteiger partial charge on any atom is 0.255 e. The Morgan fingerprint density at radius 1 is 0.964 bits per heavy atom. The van der Waals surface area contributed by atoms with Gasteiger partial charge < -0.3 is 15.0 Å². The zero-order valence-electron chi connectivity index (χ0n) is 15.3. The van der Waals surface area contributed by atoms with Crippen LogP contribution in [0, 0.1) is 0 Å². The summed E-state index contributed by atoms with van der Waals surface area (Å²) in [4.78, 5) is 20.6. The number of methoxy groups -OCH3 is 1. The molecule has 4 aromatic rings. The second-order valence-electron chi connectivity index (χ2n) is 6.25. The number of amides is 1. The molecule has 0 spiro atoms. The fourth-order valence-corrected chi connectivity index (χ4v) is 2.89. The fraction of sp³-hybridized carbons (Fsp3) is 0.0435. The molecule has 3 aromatic carbocycles. The maximum atomic E-state index is 12.7. The van der Waals surface area contributed by atoms with Crippen molar-refractivity contribution in [3.05, 3.63) is 95.8 Å². The summed E-state index contributed by atoms with van der Waals surface area (Å²) in [6.07, 6.45) is 1.89. The van der Waals surface area contributed by atoms with Gasteiger partial charge in [-0.2, -0.15) is 0 Å². The van der Waals surface area contributed by atoms with Gasteiger partial charge in [0, 0.05) is 5.56 Å². The van der Waals surface area contributed by atoms with Gasteiger partial charge in [0.2, 0.25) is 0 Å². The van der Waals surface area contributed by atoms with Gasteiger partial charge >= 0.3 is 0 Å². The molecule has 5 heteroatoms. The summed E-state index contributed by atoms with van der Waals surface area (Å²) >= 11 is 0. The second-order valence-corrected chi connectivity index (χ2v) is 6.25. The number of aromatic amines is 1. The molecule has 0 saturated heterocycles. The molecule has 5 nitrogen and oxygen atoms in total. The number of aromatic nitrogens is 2. The van der Waals surface area contributed by atoms with Crippen LogP contribution in [0.4, 0.5) is 0 Å². The Balaban J connectivity index is 1.73. The molecule has 0 bridgehead atoms. The number of nitrogens with zero attached hydrogens (tertiary/aromatic N) is 1. The largest absolute Gasteiger partial charge is 0.497 e. The van der Waals surface area contributed by atoms with E-state index in [-0.39, 0.29) is 5.91 Å². The normalized spacial score (nSPS) is 11.4. The number of carbonyl (C=O) groups is 1. The molecule has 28 heavy (non-hydrogen) atoms. The molecule has 4 rings (SSSR count). The quantitative estimate of drug-likeness (QED) is 0.544. The summed E-state index contributed by atoms with van der Waals surface area (Å²) in [5.74, 6) is 1.18. The number of carbonyl (C=O) groups excluding carboxylic acids is 1. The monoisotopic (exact) mass is 369 g/mol. The smallest absolute Gasteiger partial charge is 0.255 e. The van der Waals surface area contributed by atoms with E-state index < -0.39 is 0 Å². The van der Waals surface area contributed by atoms with Crippen LogP contribution in [0.1, 0.15) is 21.7 Å². The van der Waals surface area contributed by atoms with Crippen LogP contribution in [0.25, 0.3) is 22.8 Å². The highest BCUT2D eigenvalue weighted by Gasteiger charge is 2.13. The first-order valence-corrected chi connectivity index (χ1v) is 8.90. The predicted molar refractivity (Wildman–Crippen MR) is 111 cm³/mol. The summed E-state index contributed by atoms with van der Waals surface area (Å²) in [7, 11) is 1.63. The number of fused-ring (bicyclic) bond motifs is 1. The van der Waals surface area contributed by atoms with E-state index in [9.17, 15) is 4.79 Å². The van der Waals surface area contributed by atoms with E-state index in [0.29, 0.717) is 17.1 Å². The molecule has 1 amide bonds. The van der Waals surface area contributed by atoms with E-state index in [1.807, 2.05) is 72.8 Å². The van der Waals surface area contributed by atoms with Crippen LogP contribution in [0.3, 0.4) is 0 Å². The average Bonchev–Trinajstić information content (AvgIpc) is 3.18. The number of rotatable bonds is 5. The van der Waals surface area contributed by atoms with Gasteiger partial charge in [-0.1, -0.05) is 42.5 Å². The average molecular weight is 369 g/mol. The van der Waals surface area contributed by atoms with Crippen LogP contribution in [-0.4, -0.2) is 23.0 Å². The van der Waals surface area contributed by atoms with Gasteiger partial charge in [0.05, 0.1) is 23.8 Å². The van der Waals surface area contributed by atoms with Crippen molar-refractivity contribution in [2.24, 2.45) is 0 Å². The van der Waals surface area contributed by atoms with E-state index >= 15 is 0 Å². The Labute approximate surface area is 162 Å². The molecule has 0 aliphatic heterocycles. The zero-order valence-corrected chi connectivity index (χ0v) is 15.3. The first kappa shape index (κ1) is 17.5. The Hall–Kier alpha value is -3.86. The zero-order chi connectivity index (χ0) is 19.3. The molecule has 1 heterocycles. The Morgan fingerprint density at radius 3 is 2.39 bits per heavy atom. The first-order chi connectivity index (χ1) is 13.7. The van der Waals surface area contributed by atoms with Gasteiger partial charge in [-0.05, 0) is 48.0 Å². The molecule has 0 unspecified atom stereocenters. The highest BCUT2D eigenvalue weighted by Crippen LogP contribution is 2.20. The van der Waals surface area contributed by atoms with Gasteiger partial charge in [0.25, 0.3) is 5.91 Å². The predicted octanol–water partition coefficient (Wildman–Crippen LogP) is 4.50. The van der Waals surface area contributed by atoms with Gasteiger partial charge in [-0.3, -0.25) is 4.79 Å². The third-order valence-corrected chi connectivity index (χ3v) is 4.36. The van der Waals surface area contributed by atoms with Crippen LogP contribution in [-0.2, 0) is 0 Å². The summed E-state index contributed by atoms with van der Waals surface area (Å²) in [6.45, 7) is 0. The van der Waals surface area contributed by atoms with Gasteiger partial charge in [0.1, 0.15) is 5.75 Å². The van der Waals surface area contributed by atoms with Crippen molar-refractivity contribution in [3.8, 4) is 5.75 Å². The van der Waals surface area contributed by atoms with Crippen molar-refractivity contribution in [1.82, 2.24) is 15.3 Å². The molecule has 1 aromatic heterocycles. The highest BCUT2D eigenvalue weighted by molar-refractivity contribution is 6.01. The molecule has 0 fully saturated rings. The van der Waals surface area contributed by atoms with Crippen molar-refractivity contribution in [2.75, 3.05) is 7.11 Å². The third kappa shape index (κ3) is 3.78. The Bertz CT molecular complexity index is 1100. The summed E-state index contributed by atoms with van der Waals surface area (Å²) in [6, 6.07) is 24.5. The van der Waals surface area contributed by atoms with Gasteiger partial charge in [-0.25, -0.2) is 4.98 Å². The third-order valence-electron chi connectivity index (χ3n) is 4.36. The topological polar surface area (TPSA) is 67.0 Å². The number of hydrogen-bond acceptors (Lipinski definition) is 3. The molecule has 0 aliphatic rings. The molecule has 138 valence electrons. The van der Waals surface area contributed by atoms with Crippen LogP contribution in [0.15, 0.2) is 78.9 Å². The van der Waals surface area contributed by atoms with Crippen molar-refractivity contribution in [1.29, 1.82) is 0 Å². The molecule has 0 aliphatic carbocycles. The number of benzene rings is 3. The molecule has 2 N–H and O–H groups in total. The second kappa shape index (κ2) is 7.80. The Morgan fingerprint density at radius 2 is 1.68 bits per heavy atom. The molecule has 0 radical (unpaired) electrons. The minimum atomic E-state index is -0.194. The fourth-order valence-electron chi connectivity index (χ4n) is 2.89. The highest BCUT2D eigenvalue weighted by atomic mass is 16.5.